The highest BCUT2D eigenvalue weighted by atomic mass is 16.1. The third kappa shape index (κ3) is 3.35. The van der Waals surface area contributed by atoms with E-state index in [4.69, 9.17) is 5.26 Å². The van der Waals surface area contributed by atoms with E-state index >= 15 is 0 Å². The molecule has 0 aliphatic carbocycles. The second kappa shape index (κ2) is 5.05. The first-order valence-electron chi connectivity index (χ1n) is 4.62. The van der Waals surface area contributed by atoms with Crippen LogP contribution in [0.5, 0.6) is 0 Å². The maximum atomic E-state index is 11.1. The third-order valence-electron chi connectivity index (χ3n) is 1.79. The number of hydrogen-bond donors (Lipinski definition) is 1. The summed E-state index contributed by atoms with van der Waals surface area (Å²) in [6.07, 6.45) is 1.23. The van der Waals surface area contributed by atoms with E-state index in [2.05, 4.69) is 15.3 Å². The number of rotatable bonds is 3. The van der Waals surface area contributed by atoms with Crippen LogP contribution in [0.4, 0.5) is 5.82 Å². The van der Waals surface area contributed by atoms with Gasteiger partial charge in [-0.15, -0.1) is 0 Å². The Balaban J connectivity index is 2.74. The van der Waals surface area contributed by atoms with Crippen LogP contribution in [0.3, 0.4) is 0 Å². The Morgan fingerprint density at radius 2 is 2.33 bits per heavy atom. The lowest BCUT2D eigenvalue weighted by atomic mass is 10.1. The first-order chi connectivity index (χ1) is 7.13. The fourth-order valence-electron chi connectivity index (χ4n) is 1.02. The Morgan fingerprint density at radius 1 is 1.60 bits per heavy atom. The van der Waals surface area contributed by atoms with Crippen molar-refractivity contribution < 1.29 is 4.79 Å². The topological polar surface area (TPSA) is 78.7 Å². The van der Waals surface area contributed by atoms with E-state index in [1.165, 1.54) is 6.33 Å². The van der Waals surface area contributed by atoms with Crippen LogP contribution < -0.4 is 5.32 Å². The molecule has 0 spiro atoms. The minimum Gasteiger partial charge on any atom is -0.310 e. The number of nitrogens with one attached hydrogen (secondary N) is 1. The summed E-state index contributed by atoms with van der Waals surface area (Å²) in [7, 11) is 0. The summed E-state index contributed by atoms with van der Waals surface area (Å²) < 4.78 is 0. The predicted molar refractivity (Wildman–Crippen MR) is 55.0 cm³/mol. The standard InChI is InChI=1S/C10H12N4O/c1-7(2)8-5-9(13-6-12-8)14-10(15)3-4-11/h5-7H,3H2,1-2H3,(H,12,13,14,15). The van der Waals surface area contributed by atoms with E-state index < -0.39 is 0 Å². The molecule has 0 fully saturated rings. The molecule has 1 aromatic heterocycles. The maximum absolute atomic E-state index is 11.1. The summed E-state index contributed by atoms with van der Waals surface area (Å²) in [5.74, 6) is 0.361. The molecule has 0 bridgehead atoms. The van der Waals surface area contributed by atoms with E-state index in [0.29, 0.717) is 5.82 Å². The largest absolute Gasteiger partial charge is 0.310 e. The molecule has 0 radical (unpaired) electrons. The minimum atomic E-state index is -0.356. The highest BCUT2D eigenvalue weighted by Gasteiger charge is 2.05. The van der Waals surface area contributed by atoms with E-state index in [1.807, 2.05) is 13.8 Å². The first kappa shape index (κ1) is 11.1. The molecule has 5 nitrogen and oxygen atoms in total. The fourth-order valence-corrected chi connectivity index (χ4v) is 1.02. The van der Waals surface area contributed by atoms with Crippen LogP contribution in [0.1, 0.15) is 31.9 Å². The van der Waals surface area contributed by atoms with Crippen molar-refractivity contribution in [3.05, 3.63) is 18.1 Å². The predicted octanol–water partition coefficient (Wildman–Crippen LogP) is 1.45. The molecule has 0 aliphatic heterocycles. The van der Waals surface area contributed by atoms with Crippen molar-refractivity contribution in [3.63, 3.8) is 0 Å². The van der Waals surface area contributed by atoms with E-state index in [9.17, 15) is 4.79 Å². The Morgan fingerprint density at radius 3 is 2.93 bits per heavy atom. The maximum Gasteiger partial charge on any atom is 0.239 e. The minimum absolute atomic E-state index is 0.166. The third-order valence-corrected chi connectivity index (χ3v) is 1.79. The van der Waals surface area contributed by atoms with Crippen LogP contribution >= 0.6 is 0 Å². The van der Waals surface area contributed by atoms with Crippen LogP contribution in [0.2, 0.25) is 0 Å². The van der Waals surface area contributed by atoms with Gasteiger partial charge in [-0.1, -0.05) is 13.8 Å². The van der Waals surface area contributed by atoms with Crippen molar-refractivity contribution in [1.82, 2.24) is 9.97 Å². The lowest BCUT2D eigenvalue weighted by molar-refractivity contribution is -0.115. The molecule has 1 aromatic rings. The van der Waals surface area contributed by atoms with Gasteiger partial charge in [-0.2, -0.15) is 5.26 Å². The van der Waals surface area contributed by atoms with Crippen molar-refractivity contribution in [1.29, 1.82) is 5.26 Å². The second-order valence-electron chi connectivity index (χ2n) is 3.37. The molecule has 15 heavy (non-hydrogen) atoms. The van der Waals surface area contributed by atoms with Gasteiger partial charge in [-0.3, -0.25) is 4.79 Å². The average molecular weight is 204 g/mol. The van der Waals surface area contributed by atoms with E-state index in [0.717, 1.165) is 5.69 Å². The molecule has 1 amide bonds. The molecular formula is C10H12N4O. The van der Waals surface area contributed by atoms with Crippen molar-refractivity contribution in [2.24, 2.45) is 0 Å². The van der Waals surface area contributed by atoms with Crippen molar-refractivity contribution >= 4 is 11.7 Å². The molecule has 78 valence electrons. The summed E-state index contributed by atoms with van der Waals surface area (Å²) in [5.41, 5.74) is 0.859. The molecule has 1 rings (SSSR count). The fraction of sp³-hybridized carbons (Fsp3) is 0.400. The average Bonchev–Trinajstić information content (AvgIpc) is 2.18. The first-order valence-corrected chi connectivity index (χ1v) is 4.62. The van der Waals surface area contributed by atoms with Crippen LogP contribution in [0, 0.1) is 11.3 Å². The molecule has 1 N–H and O–H groups in total. The van der Waals surface area contributed by atoms with Gasteiger partial charge in [0.05, 0.1) is 6.07 Å². The molecular weight excluding hydrogens is 192 g/mol. The number of amides is 1. The smallest absolute Gasteiger partial charge is 0.239 e. The summed E-state index contributed by atoms with van der Waals surface area (Å²) in [5, 5.41) is 10.8. The molecule has 5 heteroatoms. The molecule has 0 aromatic carbocycles. The number of carbonyl (C=O) groups is 1. The molecule has 0 saturated carbocycles. The molecule has 0 unspecified atom stereocenters. The van der Waals surface area contributed by atoms with Crippen LogP contribution in [0.15, 0.2) is 12.4 Å². The molecule has 0 saturated heterocycles. The van der Waals surface area contributed by atoms with Crippen molar-refractivity contribution in [3.8, 4) is 6.07 Å². The van der Waals surface area contributed by atoms with Crippen molar-refractivity contribution in [2.45, 2.75) is 26.2 Å². The zero-order chi connectivity index (χ0) is 11.3. The number of hydrogen-bond acceptors (Lipinski definition) is 4. The zero-order valence-electron chi connectivity index (χ0n) is 8.69. The second-order valence-corrected chi connectivity index (χ2v) is 3.37. The van der Waals surface area contributed by atoms with E-state index in [-0.39, 0.29) is 18.2 Å². The summed E-state index contributed by atoms with van der Waals surface area (Å²) >= 11 is 0. The number of aromatic nitrogens is 2. The van der Waals surface area contributed by atoms with Gasteiger partial charge in [0, 0.05) is 11.8 Å². The number of nitrogens with zero attached hydrogens (tertiary/aromatic N) is 3. The van der Waals surface area contributed by atoms with Gasteiger partial charge in [-0.25, -0.2) is 9.97 Å². The van der Waals surface area contributed by atoms with Crippen molar-refractivity contribution in [2.75, 3.05) is 5.32 Å². The molecule has 0 atom stereocenters. The van der Waals surface area contributed by atoms with Crippen LogP contribution in [0.25, 0.3) is 0 Å². The summed E-state index contributed by atoms with van der Waals surface area (Å²) in [6, 6.07) is 3.48. The summed E-state index contributed by atoms with van der Waals surface area (Å²) in [4.78, 5) is 19.1. The van der Waals surface area contributed by atoms with E-state index in [1.54, 1.807) is 12.1 Å². The number of carbonyl (C=O) groups excluding carboxylic acids is 1. The van der Waals surface area contributed by atoms with Gasteiger partial charge in [0.2, 0.25) is 5.91 Å². The molecule has 1 heterocycles. The normalized spacial score (nSPS) is 9.73. The highest BCUT2D eigenvalue weighted by molar-refractivity contribution is 5.91. The SMILES string of the molecule is CC(C)c1cc(NC(=O)CC#N)ncn1. The Labute approximate surface area is 88.2 Å². The van der Waals surface area contributed by atoms with Crippen LogP contribution in [-0.2, 0) is 4.79 Å². The Hall–Kier alpha value is -1.96. The van der Waals surface area contributed by atoms with Gasteiger partial charge in [-0.05, 0) is 5.92 Å². The van der Waals surface area contributed by atoms with Crippen LogP contribution in [-0.4, -0.2) is 15.9 Å². The van der Waals surface area contributed by atoms with Gasteiger partial charge in [0.1, 0.15) is 18.6 Å². The Bertz CT molecular complexity index is 395. The lowest BCUT2D eigenvalue weighted by Crippen LogP contribution is -2.12. The summed E-state index contributed by atoms with van der Waals surface area (Å²) in [6.45, 7) is 4.01. The molecule has 0 aliphatic rings. The number of anilines is 1. The number of nitriles is 1. The van der Waals surface area contributed by atoms with Gasteiger partial charge in [0.25, 0.3) is 0 Å². The highest BCUT2D eigenvalue weighted by Crippen LogP contribution is 2.13. The zero-order valence-corrected chi connectivity index (χ0v) is 8.69. The quantitative estimate of drug-likeness (QED) is 0.808. The van der Waals surface area contributed by atoms with Gasteiger partial charge < -0.3 is 5.32 Å². The van der Waals surface area contributed by atoms with Gasteiger partial charge in [0.15, 0.2) is 0 Å². The lowest BCUT2D eigenvalue weighted by Gasteiger charge is -2.06. The monoisotopic (exact) mass is 204 g/mol. The Kier molecular flexibility index (Phi) is 3.75. The van der Waals surface area contributed by atoms with Gasteiger partial charge >= 0.3 is 0 Å².